The third kappa shape index (κ3) is 2.19. The maximum Gasteiger partial charge on any atom is 0.204 e. The molecule has 0 radical (unpaired) electrons. The topological polar surface area (TPSA) is 44.8 Å². The Morgan fingerprint density at radius 2 is 1.70 bits per heavy atom. The fourth-order valence-electron chi connectivity index (χ4n) is 4.12. The fourth-order valence-corrected chi connectivity index (χ4v) is 4.12. The molecule has 1 atom stereocenters. The number of fused-ring (bicyclic) bond motifs is 5. The monoisotopic (exact) mass is 358 g/mol. The molecule has 5 rings (SSSR count). The largest absolute Gasteiger partial charge is 0.497 e. The van der Waals surface area contributed by atoms with Gasteiger partial charge in [0.25, 0.3) is 0 Å². The highest BCUT2D eigenvalue weighted by atomic mass is 16.5. The highest BCUT2D eigenvalue weighted by Crippen LogP contribution is 2.48. The van der Waals surface area contributed by atoms with Crippen LogP contribution in [0.25, 0.3) is 16.8 Å². The Bertz CT molecular complexity index is 1130. The second kappa shape index (κ2) is 5.61. The second-order valence-corrected chi connectivity index (χ2v) is 6.89. The zero-order valence-corrected chi connectivity index (χ0v) is 15.1. The molecule has 2 aliphatic rings. The van der Waals surface area contributed by atoms with E-state index in [1.807, 2.05) is 54.6 Å². The van der Waals surface area contributed by atoms with Gasteiger partial charge >= 0.3 is 0 Å². The molecule has 0 fully saturated rings. The Labute approximate surface area is 157 Å². The normalized spacial score (nSPS) is 19.7. The molecule has 4 heteroatoms. The average molecular weight is 358 g/mol. The molecular formula is C23H18O4. The van der Waals surface area contributed by atoms with Gasteiger partial charge in [-0.2, -0.15) is 0 Å². The highest BCUT2D eigenvalue weighted by Gasteiger charge is 2.49. The number of benzene rings is 3. The molecule has 134 valence electrons. The fraction of sp³-hybridized carbons (Fsp3) is 0.174. The predicted molar refractivity (Wildman–Crippen MR) is 104 cm³/mol. The Morgan fingerprint density at radius 1 is 0.926 bits per heavy atom. The number of hydrogen-bond acceptors (Lipinski definition) is 4. The van der Waals surface area contributed by atoms with E-state index in [1.165, 1.54) is 0 Å². The number of rotatable bonds is 2. The number of ketones is 1. The smallest absolute Gasteiger partial charge is 0.204 e. The van der Waals surface area contributed by atoms with Gasteiger partial charge < -0.3 is 14.2 Å². The van der Waals surface area contributed by atoms with Crippen LogP contribution in [-0.4, -0.2) is 20.0 Å². The zero-order chi connectivity index (χ0) is 18.6. The summed E-state index contributed by atoms with van der Waals surface area (Å²) in [6, 6.07) is 15.7. The van der Waals surface area contributed by atoms with Crippen LogP contribution in [0.5, 0.6) is 17.2 Å². The van der Waals surface area contributed by atoms with E-state index in [0.29, 0.717) is 6.42 Å². The van der Waals surface area contributed by atoms with Crippen LogP contribution in [-0.2, 0) is 16.8 Å². The first-order valence-electron chi connectivity index (χ1n) is 8.84. The summed E-state index contributed by atoms with van der Waals surface area (Å²) >= 11 is 0. The van der Waals surface area contributed by atoms with Crippen molar-refractivity contribution in [2.24, 2.45) is 0 Å². The summed E-state index contributed by atoms with van der Waals surface area (Å²) in [7, 11) is 3.29. The Morgan fingerprint density at radius 3 is 2.52 bits per heavy atom. The first kappa shape index (κ1) is 15.9. The van der Waals surface area contributed by atoms with E-state index in [2.05, 4.69) is 0 Å². The quantitative estimate of drug-likeness (QED) is 0.686. The molecule has 4 nitrogen and oxygen atoms in total. The average Bonchev–Trinajstić information content (AvgIpc) is 3.11. The molecule has 0 bridgehead atoms. The third-order valence-corrected chi connectivity index (χ3v) is 5.51. The van der Waals surface area contributed by atoms with Gasteiger partial charge in [-0.05, 0) is 52.7 Å². The molecule has 3 aromatic rings. The minimum Gasteiger partial charge on any atom is -0.497 e. The summed E-state index contributed by atoms with van der Waals surface area (Å²) in [5.41, 5.74) is 1.88. The standard InChI is InChI=1S/C23H18O4/c1-25-16-5-7-18-14(11-16)3-9-21-19(18)13-23(27-21)20-8-6-17(26-2)12-15(20)4-10-22(23)24/h3-12H,13H2,1-2H3. The van der Waals surface area contributed by atoms with Gasteiger partial charge in [-0.1, -0.05) is 24.3 Å². The molecule has 1 unspecified atom stereocenters. The van der Waals surface area contributed by atoms with Crippen molar-refractivity contribution in [1.29, 1.82) is 0 Å². The van der Waals surface area contributed by atoms with E-state index < -0.39 is 5.60 Å². The first-order valence-corrected chi connectivity index (χ1v) is 8.84. The molecule has 1 aliphatic heterocycles. The Balaban J connectivity index is 1.67. The van der Waals surface area contributed by atoms with Crippen LogP contribution in [0.3, 0.4) is 0 Å². The Hall–Kier alpha value is -3.27. The number of carbonyl (C=O) groups excluding carboxylic acids is 1. The maximum absolute atomic E-state index is 13.0. The second-order valence-electron chi connectivity index (χ2n) is 6.89. The van der Waals surface area contributed by atoms with Crippen molar-refractivity contribution in [3.63, 3.8) is 0 Å². The van der Waals surface area contributed by atoms with Gasteiger partial charge in [0.2, 0.25) is 11.4 Å². The molecule has 0 aromatic heterocycles. The third-order valence-electron chi connectivity index (χ3n) is 5.51. The van der Waals surface area contributed by atoms with E-state index in [4.69, 9.17) is 14.2 Å². The van der Waals surface area contributed by atoms with Gasteiger partial charge in [-0.25, -0.2) is 0 Å². The molecule has 0 amide bonds. The summed E-state index contributed by atoms with van der Waals surface area (Å²) in [5, 5.41) is 2.16. The van der Waals surface area contributed by atoms with Crippen LogP contribution in [0, 0.1) is 0 Å². The zero-order valence-electron chi connectivity index (χ0n) is 15.1. The van der Waals surface area contributed by atoms with Crippen LogP contribution >= 0.6 is 0 Å². The van der Waals surface area contributed by atoms with Crippen molar-refractivity contribution >= 4 is 22.6 Å². The summed E-state index contributed by atoms with van der Waals surface area (Å²) in [5.74, 6) is 2.30. The lowest BCUT2D eigenvalue weighted by Crippen LogP contribution is -2.41. The lowest BCUT2D eigenvalue weighted by molar-refractivity contribution is -0.128. The molecule has 0 saturated carbocycles. The van der Waals surface area contributed by atoms with Gasteiger partial charge in [-0.15, -0.1) is 0 Å². The SMILES string of the molecule is COc1ccc2c(c1)C=CC(=O)C21Cc2c(ccc3cc(OC)ccc23)O1. The van der Waals surface area contributed by atoms with E-state index in [0.717, 1.165) is 44.7 Å². The van der Waals surface area contributed by atoms with Crippen molar-refractivity contribution in [2.75, 3.05) is 14.2 Å². The Kier molecular flexibility index (Phi) is 3.31. The molecule has 0 N–H and O–H groups in total. The molecule has 27 heavy (non-hydrogen) atoms. The summed E-state index contributed by atoms with van der Waals surface area (Å²) in [6.45, 7) is 0. The number of carbonyl (C=O) groups is 1. The van der Waals surface area contributed by atoms with Gasteiger partial charge in [0.15, 0.2) is 0 Å². The maximum atomic E-state index is 13.0. The number of hydrogen-bond donors (Lipinski definition) is 0. The van der Waals surface area contributed by atoms with Gasteiger partial charge in [0.05, 0.1) is 14.2 Å². The minimum absolute atomic E-state index is 0.0296. The lowest BCUT2D eigenvalue weighted by Gasteiger charge is -2.31. The van der Waals surface area contributed by atoms with Gasteiger partial charge in [0.1, 0.15) is 17.2 Å². The van der Waals surface area contributed by atoms with Crippen molar-refractivity contribution in [2.45, 2.75) is 12.0 Å². The van der Waals surface area contributed by atoms with Crippen molar-refractivity contribution < 1.29 is 19.0 Å². The molecule has 0 saturated heterocycles. The molecule has 3 aromatic carbocycles. The van der Waals surface area contributed by atoms with Crippen molar-refractivity contribution in [3.8, 4) is 17.2 Å². The van der Waals surface area contributed by atoms with Crippen molar-refractivity contribution in [3.05, 3.63) is 71.3 Å². The first-order chi connectivity index (χ1) is 13.1. The highest BCUT2D eigenvalue weighted by molar-refractivity contribution is 6.06. The van der Waals surface area contributed by atoms with E-state index >= 15 is 0 Å². The molecule has 1 spiro atoms. The van der Waals surface area contributed by atoms with E-state index in [1.54, 1.807) is 20.3 Å². The minimum atomic E-state index is -1.01. The lowest BCUT2D eigenvalue weighted by atomic mass is 9.78. The van der Waals surface area contributed by atoms with Crippen LogP contribution < -0.4 is 14.2 Å². The summed E-state index contributed by atoms with van der Waals surface area (Å²) < 4.78 is 17.0. The van der Waals surface area contributed by atoms with E-state index in [9.17, 15) is 4.79 Å². The van der Waals surface area contributed by atoms with Crippen LogP contribution in [0.15, 0.2) is 54.6 Å². The summed E-state index contributed by atoms with van der Waals surface area (Å²) in [6.07, 6.45) is 3.95. The predicted octanol–water partition coefficient (Wildman–Crippen LogP) is 4.28. The number of methoxy groups -OCH3 is 2. The number of ether oxygens (including phenoxy) is 3. The van der Waals surface area contributed by atoms with Crippen LogP contribution in [0.4, 0.5) is 0 Å². The summed E-state index contributed by atoms with van der Waals surface area (Å²) in [4.78, 5) is 13.0. The van der Waals surface area contributed by atoms with Crippen molar-refractivity contribution in [1.82, 2.24) is 0 Å². The van der Waals surface area contributed by atoms with Crippen LogP contribution in [0.1, 0.15) is 16.7 Å². The molecule has 1 heterocycles. The van der Waals surface area contributed by atoms with Crippen LogP contribution in [0.2, 0.25) is 0 Å². The van der Waals surface area contributed by atoms with Gasteiger partial charge in [-0.3, -0.25) is 4.79 Å². The van der Waals surface area contributed by atoms with Gasteiger partial charge in [0, 0.05) is 17.5 Å². The molecular weight excluding hydrogens is 340 g/mol. The molecule has 1 aliphatic carbocycles. The van der Waals surface area contributed by atoms with E-state index in [-0.39, 0.29) is 5.78 Å².